The zero-order valence-electron chi connectivity index (χ0n) is 51.5. The summed E-state index contributed by atoms with van der Waals surface area (Å²) in [6.07, 6.45) is -0.760. The van der Waals surface area contributed by atoms with Crippen molar-refractivity contribution in [1.82, 2.24) is 58.5 Å². The van der Waals surface area contributed by atoms with Crippen LogP contribution in [0.3, 0.4) is 0 Å². The minimum absolute atomic E-state index is 0.0131. The van der Waals surface area contributed by atoms with Crippen molar-refractivity contribution < 1.29 is 80.5 Å². The van der Waals surface area contributed by atoms with Gasteiger partial charge in [-0.25, -0.2) is 0 Å². The Balaban J connectivity index is 0.0000141. The molecule has 0 aliphatic carbocycles. The van der Waals surface area contributed by atoms with Crippen molar-refractivity contribution in [3.8, 4) is 0 Å². The number of aliphatic hydroxyl groups is 2. The third-order valence-corrected chi connectivity index (χ3v) is 13.7. The molecule has 33 nitrogen and oxygen atoms in total. The van der Waals surface area contributed by atoms with E-state index in [1.165, 1.54) is 13.8 Å². The zero-order valence-corrected chi connectivity index (χ0v) is 52.3. The predicted octanol–water partition coefficient (Wildman–Crippen LogP) is -6.09. The SMILES string of the molecule is CC[C@H](C)CCCCC(=O)N[C@@H](CCN)C(=O)N[C@H](C(=O)N[C@@H](CCN)C(=O)N[C@H]1CCNC(=O)[C@H]([C@@H](C)O)NC(=O)[C@H](CCN)NC(=O)[C@H](CCN)NC(=O)[C@H](CC(C)C)NC(=O)[C@@H](CC(C)C)NC(=O)[C@H](CCN)NC1=O)[C@@H](C)O.O=S(=O)(O)O. The van der Waals surface area contributed by atoms with Crippen molar-refractivity contribution in [2.24, 2.45) is 46.4 Å². The van der Waals surface area contributed by atoms with Crippen molar-refractivity contribution in [2.75, 3.05) is 39.3 Å². The van der Waals surface area contributed by atoms with Crippen LogP contribution in [0.15, 0.2) is 0 Å². The Morgan fingerprint density at radius 2 is 0.954 bits per heavy atom. The van der Waals surface area contributed by atoms with Crippen molar-refractivity contribution >= 4 is 75.4 Å². The van der Waals surface area contributed by atoms with Crippen LogP contribution < -0.4 is 87.2 Å². The Morgan fingerprint density at radius 3 is 1.36 bits per heavy atom. The lowest BCUT2D eigenvalue weighted by molar-refractivity contribution is -0.137. The first kappa shape index (κ1) is 80.8. The maximum Gasteiger partial charge on any atom is 0.394 e. The second kappa shape index (κ2) is 42.6. The highest BCUT2D eigenvalue weighted by Gasteiger charge is 2.37. The Kier molecular flexibility index (Phi) is 39.6. The molecule has 11 amide bonds. The monoisotopic (exact) mass is 1270 g/mol. The standard InChI is InChI=1S/C53H100N16O13.H2O4S/c1-9-30(6)12-10-11-13-41(72)60-33(14-20-54)48(77)69-43(32(8)71)53(82)65-36(17-23-57)45(74)64-38-19-25-59-52(81)42(31(7)70)68-49(78)37(18-24-58)62-44(73)34(15-21-55)63-50(79)39(26-28(2)3)67-51(80)40(27-29(4)5)66-46(75)35(16-22-56)61-47(38)76;1-5(2,3)4/h28-40,42-43,70-71H,9-27,54-58H2,1-8H3,(H,59,81)(H,60,72)(H,61,76)(H,62,73)(H,63,79)(H,64,74)(H,65,82)(H,66,75)(H,67,80)(H,68,78)(H,69,77);(H2,1,2,3,4)/t30-,31+,32+,33-,34-,35-,36-,37-,38-,39-,40+,42-,43-;/m0./s1. The topological polar surface area (TPSA) is 565 Å². The van der Waals surface area contributed by atoms with Gasteiger partial charge in [-0.1, -0.05) is 60.8 Å². The first-order valence-electron chi connectivity index (χ1n) is 29.5. The number of amides is 11. The van der Waals surface area contributed by atoms with E-state index in [0.717, 1.165) is 19.3 Å². The molecule has 502 valence electrons. The number of hydrogen-bond acceptors (Lipinski definition) is 20. The highest BCUT2D eigenvalue weighted by molar-refractivity contribution is 7.79. The molecule has 0 spiro atoms. The molecule has 87 heavy (non-hydrogen) atoms. The van der Waals surface area contributed by atoms with Crippen LogP contribution >= 0.6 is 0 Å². The van der Waals surface area contributed by atoms with Gasteiger partial charge in [0.05, 0.1) is 12.2 Å². The molecule has 0 bridgehead atoms. The summed E-state index contributed by atoms with van der Waals surface area (Å²) in [5.74, 6) is -9.49. The molecule has 1 heterocycles. The fraction of sp³-hybridized carbons (Fsp3) is 0.792. The highest BCUT2D eigenvalue weighted by Crippen LogP contribution is 2.14. The summed E-state index contributed by atoms with van der Waals surface area (Å²) in [6.45, 7) is 12.6. The number of unbranched alkanes of at least 4 members (excludes halogenated alkanes) is 1. The van der Waals surface area contributed by atoms with Crippen LogP contribution in [-0.2, 0) is 63.1 Å². The van der Waals surface area contributed by atoms with Crippen molar-refractivity contribution in [3.05, 3.63) is 0 Å². The van der Waals surface area contributed by atoms with Gasteiger partial charge in [0.1, 0.15) is 60.4 Å². The van der Waals surface area contributed by atoms with Gasteiger partial charge >= 0.3 is 10.4 Å². The molecule has 1 rings (SSSR count). The smallest absolute Gasteiger partial charge is 0.391 e. The lowest BCUT2D eigenvalue weighted by atomic mass is 9.99. The molecule has 25 N–H and O–H groups in total. The Morgan fingerprint density at radius 1 is 0.540 bits per heavy atom. The molecular formula is C53H102N16O17S. The van der Waals surface area contributed by atoms with Crippen LogP contribution in [0.4, 0.5) is 0 Å². The Hall–Kier alpha value is -6.24. The number of carbonyl (C=O) groups is 11. The van der Waals surface area contributed by atoms with E-state index in [1.807, 2.05) is 0 Å². The average Bonchev–Trinajstić information content (AvgIpc) is 2.81. The largest absolute Gasteiger partial charge is 0.394 e. The third-order valence-electron chi connectivity index (χ3n) is 13.7. The van der Waals surface area contributed by atoms with E-state index in [0.29, 0.717) is 12.3 Å². The fourth-order valence-electron chi connectivity index (χ4n) is 8.76. The van der Waals surface area contributed by atoms with E-state index in [-0.39, 0.29) is 95.9 Å². The van der Waals surface area contributed by atoms with Gasteiger partial charge in [0, 0.05) is 13.0 Å². The lowest BCUT2D eigenvalue weighted by Gasteiger charge is -2.29. The van der Waals surface area contributed by atoms with E-state index in [2.05, 4.69) is 72.3 Å². The van der Waals surface area contributed by atoms with Gasteiger partial charge in [0.25, 0.3) is 0 Å². The number of carbonyl (C=O) groups excluding carboxylic acids is 11. The van der Waals surface area contributed by atoms with Gasteiger partial charge in [-0.15, -0.1) is 0 Å². The van der Waals surface area contributed by atoms with Gasteiger partial charge in [0.2, 0.25) is 65.0 Å². The molecular weight excluding hydrogens is 1160 g/mol. The maximum absolute atomic E-state index is 14.4. The lowest BCUT2D eigenvalue weighted by Crippen LogP contribution is -2.62. The molecule has 1 aliphatic heterocycles. The van der Waals surface area contributed by atoms with Crippen LogP contribution in [0, 0.1) is 17.8 Å². The summed E-state index contributed by atoms with van der Waals surface area (Å²) in [4.78, 5) is 153. The second-order valence-electron chi connectivity index (χ2n) is 22.4. The number of hydrogen-bond donors (Lipinski definition) is 20. The molecule has 1 aliphatic rings. The van der Waals surface area contributed by atoms with Crippen LogP contribution in [0.5, 0.6) is 0 Å². The molecule has 0 unspecified atom stereocenters. The normalized spacial score (nSPS) is 22.7. The van der Waals surface area contributed by atoms with Gasteiger partial charge in [0.15, 0.2) is 0 Å². The maximum atomic E-state index is 14.4. The van der Waals surface area contributed by atoms with E-state index in [4.69, 9.17) is 46.2 Å². The summed E-state index contributed by atoms with van der Waals surface area (Å²) in [7, 11) is -4.67. The number of aliphatic hydroxyl groups excluding tert-OH is 2. The molecule has 0 aromatic rings. The number of nitrogens with one attached hydrogen (secondary N) is 11. The second-order valence-corrected chi connectivity index (χ2v) is 23.3. The Labute approximate surface area is 509 Å². The van der Waals surface area contributed by atoms with Crippen molar-refractivity contribution in [1.29, 1.82) is 0 Å². The first-order chi connectivity index (χ1) is 40.7. The van der Waals surface area contributed by atoms with Crippen LogP contribution in [0.25, 0.3) is 0 Å². The van der Waals surface area contributed by atoms with E-state index in [1.54, 1.807) is 27.7 Å². The minimum atomic E-state index is -4.67. The van der Waals surface area contributed by atoms with Gasteiger partial charge in [-0.3, -0.25) is 61.8 Å². The van der Waals surface area contributed by atoms with Gasteiger partial charge in [-0.2, -0.15) is 8.42 Å². The predicted molar refractivity (Wildman–Crippen MR) is 320 cm³/mol. The van der Waals surface area contributed by atoms with Crippen LogP contribution in [0.1, 0.15) is 139 Å². The fourth-order valence-corrected chi connectivity index (χ4v) is 8.76. The molecule has 0 aromatic carbocycles. The van der Waals surface area contributed by atoms with Crippen LogP contribution in [-0.4, -0.2) is 205 Å². The molecule has 1 fully saturated rings. The van der Waals surface area contributed by atoms with Gasteiger partial charge < -0.3 is 97.4 Å². The van der Waals surface area contributed by atoms with E-state index >= 15 is 0 Å². The van der Waals surface area contributed by atoms with Crippen molar-refractivity contribution in [3.63, 3.8) is 0 Å². The molecule has 34 heteroatoms. The van der Waals surface area contributed by atoms with Crippen molar-refractivity contribution in [2.45, 2.75) is 211 Å². The summed E-state index contributed by atoms with van der Waals surface area (Å²) < 4.78 is 31.6. The molecule has 0 saturated carbocycles. The summed E-state index contributed by atoms with van der Waals surface area (Å²) in [5.41, 5.74) is 29.2. The first-order valence-corrected chi connectivity index (χ1v) is 30.9. The number of rotatable bonds is 29. The highest BCUT2D eigenvalue weighted by atomic mass is 32.3. The van der Waals surface area contributed by atoms with Crippen LogP contribution in [0.2, 0.25) is 0 Å². The summed E-state index contributed by atoms with van der Waals surface area (Å²) in [5, 5.41) is 49.5. The Bertz CT molecular complexity index is 2310. The van der Waals surface area contributed by atoms with E-state index in [9.17, 15) is 63.0 Å². The zero-order chi connectivity index (χ0) is 66.7. The molecule has 1 saturated heterocycles. The summed E-state index contributed by atoms with van der Waals surface area (Å²) in [6, 6.07) is -14.5. The quantitative estimate of drug-likeness (QED) is 0.0245. The minimum Gasteiger partial charge on any atom is -0.391 e. The average molecular weight is 1270 g/mol. The molecule has 13 atom stereocenters. The molecule has 0 aromatic heterocycles. The van der Waals surface area contributed by atoms with E-state index < -0.39 is 161 Å². The third kappa shape index (κ3) is 33.6. The molecule has 0 radical (unpaired) electrons. The number of nitrogens with two attached hydrogens (primary N) is 5. The van der Waals surface area contributed by atoms with Gasteiger partial charge in [-0.05, 0) is 122 Å². The summed E-state index contributed by atoms with van der Waals surface area (Å²) >= 11 is 0.